The topological polar surface area (TPSA) is 68.0 Å². The molecule has 4 nitrogen and oxygen atoms in total. The van der Waals surface area contributed by atoms with Crippen LogP contribution in [0, 0.1) is 0 Å². The molecule has 2 rings (SSSR count). The van der Waals surface area contributed by atoms with E-state index in [-0.39, 0.29) is 17.4 Å². The van der Waals surface area contributed by atoms with Gasteiger partial charge in [-0.1, -0.05) is 44.2 Å². The fraction of sp³-hybridized carbons (Fsp3) is 0.375. The summed E-state index contributed by atoms with van der Waals surface area (Å²) >= 11 is 1.42. The number of aromatic nitrogens is 1. The number of thiazole rings is 1. The molecule has 5 heteroatoms. The molecule has 21 heavy (non-hydrogen) atoms. The molecule has 0 fully saturated rings. The lowest BCUT2D eigenvalue weighted by molar-refractivity contribution is 0.0941. The van der Waals surface area contributed by atoms with Crippen molar-refractivity contribution in [3.63, 3.8) is 0 Å². The monoisotopic (exact) mass is 303 g/mol. The number of nitrogens with zero attached hydrogens (tertiary/aromatic N) is 1. The van der Waals surface area contributed by atoms with Crippen molar-refractivity contribution >= 4 is 17.2 Å². The predicted molar refractivity (Wildman–Crippen MR) is 86.5 cm³/mol. The third-order valence-electron chi connectivity index (χ3n) is 3.39. The van der Waals surface area contributed by atoms with Crippen LogP contribution in [0.15, 0.2) is 35.7 Å². The average molecular weight is 303 g/mol. The number of hydrogen-bond donors (Lipinski definition) is 2. The van der Waals surface area contributed by atoms with Crippen LogP contribution in [0.3, 0.4) is 0 Å². The Bertz CT molecular complexity index is 605. The quantitative estimate of drug-likeness (QED) is 0.892. The number of nitrogens with one attached hydrogen (secondary N) is 1. The molecule has 0 bridgehead atoms. The summed E-state index contributed by atoms with van der Waals surface area (Å²) in [5.74, 6) is -0.151. The maximum absolute atomic E-state index is 12.2. The third-order valence-corrected chi connectivity index (χ3v) is 4.44. The summed E-state index contributed by atoms with van der Waals surface area (Å²) in [5, 5.41) is 5.49. The molecule has 0 radical (unpaired) electrons. The van der Waals surface area contributed by atoms with Crippen molar-refractivity contribution < 1.29 is 4.79 Å². The average Bonchev–Trinajstić information content (AvgIpc) is 2.96. The number of carbonyl (C=O) groups is 1. The second-order valence-electron chi connectivity index (χ2n) is 5.79. The number of benzene rings is 1. The molecular formula is C16H21N3OS. The Hall–Kier alpha value is -1.72. The van der Waals surface area contributed by atoms with Gasteiger partial charge in [0, 0.05) is 17.3 Å². The Morgan fingerprint density at radius 3 is 2.62 bits per heavy atom. The lowest BCUT2D eigenvalue weighted by atomic mass is 9.84. The summed E-state index contributed by atoms with van der Waals surface area (Å²) in [6.45, 7) is 6.63. The third kappa shape index (κ3) is 3.89. The zero-order valence-electron chi connectivity index (χ0n) is 12.6. The predicted octanol–water partition coefficient (Wildman–Crippen LogP) is 2.87. The Kier molecular flexibility index (Phi) is 4.75. The zero-order chi connectivity index (χ0) is 15.5. The Morgan fingerprint density at radius 1 is 1.38 bits per heavy atom. The smallest absolute Gasteiger partial charge is 0.270 e. The van der Waals surface area contributed by atoms with Crippen molar-refractivity contribution in [1.82, 2.24) is 10.3 Å². The summed E-state index contributed by atoms with van der Waals surface area (Å²) < 4.78 is 0. The summed E-state index contributed by atoms with van der Waals surface area (Å²) in [4.78, 5) is 16.4. The first-order chi connectivity index (χ1) is 9.90. The van der Waals surface area contributed by atoms with E-state index < -0.39 is 0 Å². The first-order valence-electron chi connectivity index (χ1n) is 6.95. The van der Waals surface area contributed by atoms with Crippen LogP contribution in [0.5, 0.6) is 0 Å². The van der Waals surface area contributed by atoms with Crippen LogP contribution in [0.1, 0.15) is 47.9 Å². The van der Waals surface area contributed by atoms with Crippen molar-refractivity contribution in [1.29, 1.82) is 0 Å². The number of carbonyl (C=O) groups excluding carboxylic acids is 1. The van der Waals surface area contributed by atoms with Gasteiger partial charge in [0.05, 0.1) is 6.04 Å². The Labute approximate surface area is 129 Å². The lowest BCUT2D eigenvalue weighted by Gasteiger charge is -2.25. The molecule has 0 spiro atoms. The van der Waals surface area contributed by atoms with E-state index in [0.29, 0.717) is 12.2 Å². The van der Waals surface area contributed by atoms with Gasteiger partial charge in [0.2, 0.25) is 0 Å². The van der Waals surface area contributed by atoms with Crippen LogP contribution < -0.4 is 11.1 Å². The first kappa shape index (κ1) is 15.7. The second kappa shape index (κ2) is 6.37. The molecule has 1 unspecified atom stereocenters. The van der Waals surface area contributed by atoms with Crippen molar-refractivity contribution in [3.8, 4) is 0 Å². The molecule has 1 amide bonds. The molecule has 0 saturated heterocycles. The van der Waals surface area contributed by atoms with Gasteiger partial charge in [-0.2, -0.15) is 0 Å². The van der Waals surface area contributed by atoms with Crippen molar-refractivity contribution in [3.05, 3.63) is 52.0 Å². The van der Waals surface area contributed by atoms with E-state index in [0.717, 1.165) is 5.01 Å². The molecule has 1 aromatic heterocycles. The van der Waals surface area contributed by atoms with Gasteiger partial charge < -0.3 is 11.1 Å². The van der Waals surface area contributed by atoms with E-state index in [9.17, 15) is 4.79 Å². The molecule has 1 aromatic carbocycles. The highest BCUT2D eigenvalue weighted by Crippen LogP contribution is 2.22. The fourth-order valence-electron chi connectivity index (χ4n) is 1.98. The fourth-order valence-corrected chi connectivity index (χ4v) is 2.74. The van der Waals surface area contributed by atoms with Crippen LogP contribution in [0.25, 0.3) is 0 Å². The molecule has 0 aliphatic rings. The van der Waals surface area contributed by atoms with E-state index >= 15 is 0 Å². The molecular weight excluding hydrogens is 282 g/mol. The summed E-state index contributed by atoms with van der Waals surface area (Å²) in [6.07, 6.45) is 0. The number of hydrogen-bond acceptors (Lipinski definition) is 4. The van der Waals surface area contributed by atoms with E-state index in [1.54, 1.807) is 5.38 Å². The SMILES string of the molecule is CC(N)c1nc(C(=O)NCC(C)(C)c2ccccc2)cs1. The highest BCUT2D eigenvalue weighted by Gasteiger charge is 2.22. The van der Waals surface area contributed by atoms with Gasteiger partial charge in [-0.05, 0) is 12.5 Å². The van der Waals surface area contributed by atoms with E-state index in [1.165, 1.54) is 16.9 Å². The largest absolute Gasteiger partial charge is 0.350 e. The van der Waals surface area contributed by atoms with Gasteiger partial charge in [0.15, 0.2) is 0 Å². The molecule has 1 heterocycles. The van der Waals surface area contributed by atoms with Gasteiger partial charge in [-0.15, -0.1) is 11.3 Å². The Balaban J connectivity index is 2.00. The van der Waals surface area contributed by atoms with Gasteiger partial charge >= 0.3 is 0 Å². The number of nitrogens with two attached hydrogens (primary N) is 1. The Morgan fingerprint density at radius 2 is 2.05 bits per heavy atom. The van der Waals surface area contributed by atoms with Gasteiger partial charge in [0.1, 0.15) is 10.7 Å². The normalized spacial score (nSPS) is 13.0. The summed E-state index contributed by atoms with van der Waals surface area (Å²) in [6, 6.07) is 10.0. The van der Waals surface area contributed by atoms with Crippen molar-refractivity contribution in [2.75, 3.05) is 6.54 Å². The van der Waals surface area contributed by atoms with Crippen LogP contribution in [0.4, 0.5) is 0 Å². The van der Waals surface area contributed by atoms with Crippen molar-refractivity contribution in [2.24, 2.45) is 5.73 Å². The first-order valence-corrected chi connectivity index (χ1v) is 7.83. The van der Waals surface area contributed by atoms with Gasteiger partial charge in [0.25, 0.3) is 5.91 Å². The number of rotatable bonds is 5. The molecule has 1 atom stereocenters. The van der Waals surface area contributed by atoms with Crippen LogP contribution in [0.2, 0.25) is 0 Å². The van der Waals surface area contributed by atoms with Crippen molar-refractivity contribution in [2.45, 2.75) is 32.2 Å². The second-order valence-corrected chi connectivity index (χ2v) is 6.68. The lowest BCUT2D eigenvalue weighted by Crippen LogP contribution is -2.36. The number of amides is 1. The molecule has 2 aromatic rings. The summed E-state index contributed by atoms with van der Waals surface area (Å²) in [7, 11) is 0. The molecule has 0 saturated carbocycles. The van der Waals surface area contributed by atoms with E-state index in [4.69, 9.17) is 5.73 Å². The molecule has 0 aliphatic heterocycles. The standard InChI is InChI=1S/C16H21N3OS/c1-11(17)15-19-13(9-21-15)14(20)18-10-16(2,3)12-7-5-4-6-8-12/h4-9,11H,10,17H2,1-3H3,(H,18,20). The van der Waals surface area contributed by atoms with E-state index in [1.807, 2.05) is 25.1 Å². The molecule has 112 valence electrons. The highest BCUT2D eigenvalue weighted by molar-refractivity contribution is 7.09. The highest BCUT2D eigenvalue weighted by atomic mass is 32.1. The molecule has 0 aliphatic carbocycles. The van der Waals surface area contributed by atoms with Crippen LogP contribution >= 0.6 is 11.3 Å². The molecule has 3 N–H and O–H groups in total. The minimum Gasteiger partial charge on any atom is -0.350 e. The van der Waals surface area contributed by atoms with E-state index in [2.05, 4.69) is 36.3 Å². The minimum atomic E-state index is -0.151. The minimum absolute atomic E-state index is 0.128. The zero-order valence-corrected chi connectivity index (χ0v) is 13.4. The summed E-state index contributed by atoms with van der Waals surface area (Å²) in [5.41, 5.74) is 7.27. The maximum atomic E-state index is 12.2. The van der Waals surface area contributed by atoms with Crippen LogP contribution in [-0.2, 0) is 5.41 Å². The van der Waals surface area contributed by atoms with Gasteiger partial charge in [-0.25, -0.2) is 4.98 Å². The van der Waals surface area contributed by atoms with Gasteiger partial charge in [-0.3, -0.25) is 4.79 Å². The van der Waals surface area contributed by atoms with Crippen LogP contribution in [-0.4, -0.2) is 17.4 Å². The maximum Gasteiger partial charge on any atom is 0.270 e.